The maximum atomic E-state index is 11.8. The molecule has 1 atom stereocenters. The molecule has 17 heavy (non-hydrogen) atoms. The molecule has 0 spiro atoms. The summed E-state index contributed by atoms with van der Waals surface area (Å²) in [6.07, 6.45) is 0. The molecule has 1 aromatic carbocycles. The second-order valence-electron chi connectivity index (χ2n) is 4.10. The molecule has 0 bridgehead atoms. The molecule has 0 aromatic heterocycles. The SMILES string of the molecule is CC(C)C(Br)CNC(=O)c1ccc(I)c(Cl)c1. The minimum absolute atomic E-state index is 0.0894. The highest BCUT2D eigenvalue weighted by molar-refractivity contribution is 14.1. The standard InChI is InChI=1S/C12H14BrClINO/c1-7(2)9(13)6-16-12(17)8-3-4-11(15)10(14)5-8/h3-5,7,9H,6H2,1-2H3,(H,16,17). The molecular formula is C12H14BrClINO. The van der Waals surface area contributed by atoms with Gasteiger partial charge in [-0.15, -0.1) is 0 Å². The first-order valence-corrected chi connectivity index (χ1v) is 7.66. The number of carbonyl (C=O) groups is 1. The van der Waals surface area contributed by atoms with Crippen molar-refractivity contribution in [3.8, 4) is 0 Å². The Morgan fingerprint density at radius 2 is 2.18 bits per heavy atom. The van der Waals surface area contributed by atoms with Crippen LogP contribution in [-0.2, 0) is 0 Å². The number of amides is 1. The summed E-state index contributed by atoms with van der Waals surface area (Å²) < 4.78 is 0.946. The van der Waals surface area contributed by atoms with E-state index in [9.17, 15) is 4.79 Å². The third-order valence-corrected chi connectivity index (χ3v) is 5.32. The van der Waals surface area contributed by atoms with E-state index < -0.39 is 0 Å². The predicted octanol–water partition coefficient (Wildman–Crippen LogP) is 4.09. The summed E-state index contributed by atoms with van der Waals surface area (Å²) >= 11 is 11.6. The number of hydrogen-bond donors (Lipinski definition) is 1. The minimum Gasteiger partial charge on any atom is -0.351 e. The lowest BCUT2D eigenvalue weighted by Gasteiger charge is -2.14. The Balaban J connectivity index is 2.61. The molecule has 0 heterocycles. The molecule has 2 nitrogen and oxygen atoms in total. The van der Waals surface area contributed by atoms with E-state index in [-0.39, 0.29) is 10.7 Å². The highest BCUT2D eigenvalue weighted by Crippen LogP contribution is 2.19. The van der Waals surface area contributed by atoms with Gasteiger partial charge < -0.3 is 5.32 Å². The van der Waals surface area contributed by atoms with Gasteiger partial charge in [0.25, 0.3) is 5.91 Å². The molecule has 0 aliphatic heterocycles. The van der Waals surface area contributed by atoms with Crippen LogP contribution in [0.5, 0.6) is 0 Å². The van der Waals surface area contributed by atoms with E-state index in [1.807, 2.05) is 6.07 Å². The lowest BCUT2D eigenvalue weighted by Crippen LogP contribution is -2.31. The number of hydrogen-bond acceptors (Lipinski definition) is 1. The van der Waals surface area contributed by atoms with Crippen molar-refractivity contribution >= 4 is 56.0 Å². The van der Waals surface area contributed by atoms with Crippen molar-refractivity contribution in [3.05, 3.63) is 32.4 Å². The van der Waals surface area contributed by atoms with Gasteiger partial charge in [0.2, 0.25) is 0 Å². The maximum absolute atomic E-state index is 11.8. The summed E-state index contributed by atoms with van der Waals surface area (Å²) in [6, 6.07) is 5.31. The average molecular weight is 431 g/mol. The summed E-state index contributed by atoms with van der Waals surface area (Å²) in [6.45, 7) is 4.82. The maximum Gasteiger partial charge on any atom is 0.251 e. The third-order valence-electron chi connectivity index (χ3n) is 2.36. The first kappa shape index (κ1) is 15.2. The van der Waals surface area contributed by atoms with Gasteiger partial charge in [0.15, 0.2) is 0 Å². The zero-order chi connectivity index (χ0) is 13.0. The monoisotopic (exact) mass is 429 g/mol. The van der Waals surface area contributed by atoms with Gasteiger partial charge in [0.05, 0.1) is 5.02 Å². The highest BCUT2D eigenvalue weighted by Gasteiger charge is 2.12. The second-order valence-corrected chi connectivity index (χ2v) is 6.84. The Hall–Kier alpha value is 0.190. The average Bonchev–Trinajstić information content (AvgIpc) is 2.28. The molecule has 1 amide bonds. The Labute approximate surface area is 129 Å². The predicted molar refractivity (Wildman–Crippen MR) is 84.1 cm³/mol. The molecule has 0 fully saturated rings. The lowest BCUT2D eigenvalue weighted by atomic mass is 10.1. The Morgan fingerprint density at radius 3 is 2.71 bits per heavy atom. The second kappa shape index (κ2) is 6.95. The molecule has 0 radical (unpaired) electrons. The molecule has 94 valence electrons. The van der Waals surface area contributed by atoms with E-state index in [2.05, 4.69) is 57.7 Å². The van der Waals surface area contributed by atoms with Gasteiger partial charge in [-0.1, -0.05) is 41.4 Å². The Morgan fingerprint density at radius 1 is 1.53 bits per heavy atom. The summed E-state index contributed by atoms with van der Waals surface area (Å²) in [5.41, 5.74) is 0.596. The van der Waals surface area contributed by atoms with Crippen LogP contribution < -0.4 is 5.32 Å². The fourth-order valence-corrected chi connectivity index (χ4v) is 1.84. The van der Waals surface area contributed by atoms with E-state index >= 15 is 0 Å². The minimum atomic E-state index is -0.0894. The number of alkyl halides is 1. The van der Waals surface area contributed by atoms with Gasteiger partial charge in [0.1, 0.15) is 0 Å². The van der Waals surface area contributed by atoms with E-state index in [1.54, 1.807) is 12.1 Å². The van der Waals surface area contributed by atoms with E-state index in [1.165, 1.54) is 0 Å². The molecule has 0 aliphatic rings. The van der Waals surface area contributed by atoms with Gasteiger partial charge in [-0.25, -0.2) is 0 Å². The smallest absolute Gasteiger partial charge is 0.251 e. The molecule has 1 aromatic rings. The summed E-state index contributed by atoms with van der Waals surface area (Å²) in [5.74, 6) is 0.393. The fraction of sp³-hybridized carbons (Fsp3) is 0.417. The van der Waals surface area contributed by atoms with Crippen LogP contribution >= 0.6 is 50.1 Å². The third kappa shape index (κ3) is 4.75. The van der Waals surface area contributed by atoms with Gasteiger partial charge in [-0.2, -0.15) is 0 Å². The van der Waals surface area contributed by atoms with E-state index in [0.29, 0.717) is 23.0 Å². The Kier molecular flexibility index (Phi) is 6.23. The number of benzene rings is 1. The van der Waals surface area contributed by atoms with Gasteiger partial charge in [0, 0.05) is 20.5 Å². The van der Waals surface area contributed by atoms with Gasteiger partial charge >= 0.3 is 0 Å². The van der Waals surface area contributed by atoms with E-state index in [0.717, 1.165) is 3.57 Å². The highest BCUT2D eigenvalue weighted by atomic mass is 127. The van der Waals surface area contributed by atoms with Gasteiger partial charge in [-0.3, -0.25) is 4.79 Å². The van der Waals surface area contributed by atoms with E-state index in [4.69, 9.17) is 11.6 Å². The fourth-order valence-electron chi connectivity index (χ4n) is 1.17. The van der Waals surface area contributed by atoms with Crippen LogP contribution in [0.2, 0.25) is 5.02 Å². The molecule has 0 saturated carbocycles. The van der Waals surface area contributed by atoms with Crippen LogP contribution in [0, 0.1) is 9.49 Å². The summed E-state index contributed by atoms with van der Waals surface area (Å²) in [7, 11) is 0. The van der Waals surface area contributed by atoms with Crippen molar-refractivity contribution in [2.45, 2.75) is 18.7 Å². The number of nitrogens with one attached hydrogen (secondary N) is 1. The van der Waals surface area contributed by atoms with Crippen molar-refractivity contribution in [2.24, 2.45) is 5.92 Å². The van der Waals surface area contributed by atoms with Crippen LogP contribution in [0.1, 0.15) is 24.2 Å². The van der Waals surface area contributed by atoms with Crippen molar-refractivity contribution in [1.29, 1.82) is 0 Å². The zero-order valence-corrected chi connectivity index (χ0v) is 14.1. The lowest BCUT2D eigenvalue weighted by molar-refractivity contribution is 0.0953. The van der Waals surface area contributed by atoms with Crippen molar-refractivity contribution < 1.29 is 4.79 Å². The van der Waals surface area contributed by atoms with Crippen LogP contribution in [0.4, 0.5) is 0 Å². The molecule has 0 saturated heterocycles. The number of rotatable bonds is 4. The first-order valence-electron chi connectivity index (χ1n) is 5.29. The molecular weight excluding hydrogens is 416 g/mol. The molecule has 5 heteroatoms. The zero-order valence-electron chi connectivity index (χ0n) is 9.64. The van der Waals surface area contributed by atoms with Crippen LogP contribution in [0.15, 0.2) is 18.2 Å². The van der Waals surface area contributed by atoms with Crippen LogP contribution in [0.25, 0.3) is 0 Å². The molecule has 1 unspecified atom stereocenters. The molecule has 1 N–H and O–H groups in total. The number of halogens is 3. The van der Waals surface area contributed by atoms with Crippen molar-refractivity contribution in [2.75, 3.05) is 6.54 Å². The normalized spacial score (nSPS) is 12.6. The van der Waals surface area contributed by atoms with Crippen molar-refractivity contribution in [1.82, 2.24) is 5.32 Å². The largest absolute Gasteiger partial charge is 0.351 e. The van der Waals surface area contributed by atoms with Gasteiger partial charge in [-0.05, 0) is 46.7 Å². The number of carbonyl (C=O) groups excluding carboxylic acids is 1. The van der Waals surface area contributed by atoms with Crippen LogP contribution in [-0.4, -0.2) is 17.3 Å². The quantitative estimate of drug-likeness (QED) is 0.566. The Bertz CT molecular complexity index is 411. The van der Waals surface area contributed by atoms with Crippen LogP contribution in [0.3, 0.4) is 0 Å². The first-order chi connectivity index (χ1) is 7.91. The summed E-state index contributed by atoms with van der Waals surface area (Å²) in [5, 5.41) is 3.49. The van der Waals surface area contributed by atoms with Crippen molar-refractivity contribution in [3.63, 3.8) is 0 Å². The summed E-state index contributed by atoms with van der Waals surface area (Å²) in [4.78, 5) is 12.1. The molecule has 0 aliphatic carbocycles. The molecule has 1 rings (SSSR count). The topological polar surface area (TPSA) is 29.1 Å².